The fraction of sp³-hybridized carbons (Fsp3) is 0.269. The summed E-state index contributed by atoms with van der Waals surface area (Å²) in [7, 11) is 1.66. The van der Waals surface area contributed by atoms with E-state index in [4.69, 9.17) is 9.15 Å². The van der Waals surface area contributed by atoms with Gasteiger partial charge in [0.1, 0.15) is 10.8 Å². The third kappa shape index (κ3) is 4.68. The molecule has 1 fully saturated rings. The Morgan fingerprint density at radius 3 is 2.62 bits per heavy atom. The molecule has 4 aromatic rings. The molecule has 5 rings (SSSR count). The topological polar surface area (TPSA) is 71.7 Å². The van der Waals surface area contributed by atoms with Crippen LogP contribution >= 0.6 is 11.3 Å². The van der Waals surface area contributed by atoms with Crippen molar-refractivity contribution in [1.29, 1.82) is 0 Å². The van der Waals surface area contributed by atoms with Crippen molar-refractivity contribution >= 4 is 22.9 Å². The van der Waals surface area contributed by atoms with Gasteiger partial charge in [0.25, 0.3) is 0 Å². The van der Waals surface area contributed by atoms with Crippen LogP contribution in [0.1, 0.15) is 11.6 Å². The number of oxazole rings is 1. The minimum Gasteiger partial charge on any atom is -0.496 e. The Labute approximate surface area is 202 Å². The first kappa shape index (κ1) is 22.2. The van der Waals surface area contributed by atoms with E-state index in [0.717, 1.165) is 46.4 Å². The quantitative estimate of drug-likeness (QED) is 0.404. The van der Waals surface area contributed by atoms with Crippen LogP contribution in [0.5, 0.6) is 5.75 Å². The predicted molar refractivity (Wildman–Crippen MR) is 133 cm³/mol. The molecule has 0 bridgehead atoms. The van der Waals surface area contributed by atoms with E-state index in [0.29, 0.717) is 31.2 Å². The molecule has 0 aliphatic carbocycles. The minimum atomic E-state index is 0.123. The zero-order chi connectivity index (χ0) is 23.5. The van der Waals surface area contributed by atoms with Gasteiger partial charge in [-0.15, -0.1) is 11.3 Å². The number of carbonyl (C=O) groups is 1. The molecule has 1 saturated heterocycles. The Morgan fingerprint density at radius 2 is 1.91 bits per heavy atom. The van der Waals surface area contributed by atoms with Crippen molar-refractivity contribution in [3.05, 3.63) is 71.7 Å². The number of amides is 1. The van der Waals surface area contributed by atoms with Gasteiger partial charge in [-0.05, 0) is 12.1 Å². The van der Waals surface area contributed by atoms with Crippen molar-refractivity contribution in [1.82, 2.24) is 14.9 Å². The third-order valence-electron chi connectivity index (χ3n) is 5.97. The maximum Gasteiger partial charge on any atom is 0.228 e. The van der Waals surface area contributed by atoms with Gasteiger partial charge in [0.2, 0.25) is 5.91 Å². The van der Waals surface area contributed by atoms with E-state index >= 15 is 0 Å². The first-order chi connectivity index (χ1) is 16.6. The molecule has 1 amide bonds. The van der Waals surface area contributed by atoms with E-state index in [1.165, 1.54) is 0 Å². The fourth-order valence-corrected chi connectivity index (χ4v) is 4.97. The van der Waals surface area contributed by atoms with Crippen LogP contribution in [0.4, 0.5) is 5.69 Å². The van der Waals surface area contributed by atoms with Gasteiger partial charge in [0.15, 0.2) is 11.7 Å². The molecule has 0 radical (unpaired) electrons. The summed E-state index contributed by atoms with van der Waals surface area (Å²) in [6.07, 6.45) is 2.05. The van der Waals surface area contributed by atoms with Gasteiger partial charge in [-0.2, -0.15) is 0 Å². The van der Waals surface area contributed by atoms with Crippen molar-refractivity contribution in [2.75, 3.05) is 38.2 Å². The summed E-state index contributed by atoms with van der Waals surface area (Å²) in [6.45, 7) is 4.71. The highest BCUT2D eigenvalue weighted by Crippen LogP contribution is 2.34. The number of hydrogen-bond acceptors (Lipinski definition) is 7. The summed E-state index contributed by atoms with van der Waals surface area (Å²) in [5.41, 5.74) is 3.86. The first-order valence-electron chi connectivity index (χ1n) is 11.2. The van der Waals surface area contributed by atoms with E-state index < -0.39 is 0 Å². The van der Waals surface area contributed by atoms with Gasteiger partial charge in [-0.1, -0.05) is 30.3 Å². The Balaban J connectivity index is 1.20. The number of carbonyl (C=O) groups excluding carboxylic acids is 1. The van der Waals surface area contributed by atoms with Gasteiger partial charge in [-0.25, -0.2) is 9.97 Å². The smallest absolute Gasteiger partial charge is 0.228 e. The number of nitrogens with zero attached hydrogens (tertiary/aromatic N) is 4. The van der Waals surface area contributed by atoms with Gasteiger partial charge >= 0.3 is 0 Å². The van der Waals surface area contributed by atoms with Crippen LogP contribution in [-0.4, -0.2) is 54.1 Å². The SMILES string of the molecule is COc1cc(N2CCN(C(=O)Cc3csc(-c4ccccc4)n3)CC2)ccc1-c1cnc(C)o1. The van der Waals surface area contributed by atoms with E-state index in [2.05, 4.69) is 20.9 Å². The van der Waals surface area contributed by atoms with Crippen LogP contribution in [-0.2, 0) is 11.2 Å². The molecule has 3 heterocycles. The van der Waals surface area contributed by atoms with Crippen LogP contribution in [0.25, 0.3) is 21.9 Å². The number of aryl methyl sites for hydroxylation is 1. The molecule has 0 N–H and O–H groups in total. The van der Waals surface area contributed by atoms with E-state index in [-0.39, 0.29) is 5.91 Å². The second-order valence-corrected chi connectivity index (χ2v) is 9.04. The lowest BCUT2D eigenvalue weighted by molar-refractivity contribution is -0.130. The molecule has 0 unspecified atom stereocenters. The van der Waals surface area contributed by atoms with E-state index in [1.54, 1.807) is 24.6 Å². The summed E-state index contributed by atoms with van der Waals surface area (Å²) in [5, 5.41) is 2.94. The normalized spacial score (nSPS) is 13.8. The average Bonchev–Trinajstić information content (AvgIpc) is 3.53. The predicted octanol–water partition coefficient (Wildman–Crippen LogP) is 4.67. The summed E-state index contributed by atoms with van der Waals surface area (Å²) in [5.74, 6) is 2.17. The Kier molecular flexibility index (Phi) is 6.31. The third-order valence-corrected chi connectivity index (χ3v) is 6.91. The zero-order valence-corrected chi connectivity index (χ0v) is 20.0. The number of benzene rings is 2. The highest BCUT2D eigenvalue weighted by atomic mass is 32.1. The maximum absolute atomic E-state index is 12.9. The minimum absolute atomic E-state index is 0.123. The number of methoxy groups -OCH3 is 1. The van der Waals surface area contributed by atoms with Crippen molar-refractivity contribution < 1.29 is 13.9 Å². The lowest BCUT2D eigenvalue weighted by atomic mass is 10.1. The van der Waals surface area contributed by atoms with Crippen LogP contribution < -0.4 is 9.64 Å². The summed E-state index contributed by atoms with van der Waals surface area (Å²) in [4.78, 5) is 25.9. The lowest BCUT2D eigenvalue weighted by Gasteiger charge is -2.36. The second kappa shape index (κ2) is 9.69. The zero-order valence-electron chi connectivity index (χ0n) is 19.2. The van der Waals surface area contributed by atoms with E-state index in [1.807, 2.05) is 59.7 Å². The van der Waals surface area contributed by atoms with Gasteiger partial charge in [0.05, 0.1) is 31.0 Å². The Morgan fingerprint density at radius 1 is 1.12 bits per heavy atom. The van der Waals surface area contributed by atoms with Crippen LogP contribution in [0.3, 0.4) is 0 Å². The maximum atomic E-state index is 12.9. The number of hydrogen-bond donors (Lipinski definition) is 0. The van der Waals surface area contributed by atoms with Gasteiger partial charge < -0.3 is 19.0 Å². The number of thiazole rings is 1. The first-order valence-corrected chi connectivity index (χ1v) is 12.1. The molecule has 0 atom stereocenters. The second-order valence-electron chi connectivity index (χ2n) is 8.18. The standard InChI is InChI=1S/C26H26N4O3S/c1-18-27-16-24(33-18)22-9-8-21(15-23(22)32-2)29-10-12-30(13-11-29)25(31)14-20-17-34-26(28-20)19-6-4-3-5-7-19/h3-9,15-17H,10-14H2,1-2H3. The molecule has 34 heavy (non-hydrogen) atoms. The molecule has 0 spiro atoms. The molecule has 7 nitrogen and oxygen atoms in total. The Bertz CT molecular complexity index is 1280. The monoisotopic (exact) mass is 474 g/mol. The van der Waals surface area contributed by atoms with Crippen LogP contribution in [0.2, 0.25) is 0 Å². The van der Waals surface area contributed by atoms with E-state index in [9.17, 15) is 4.79 Å². The van der Waals surface area contributed by atoms with Gasteiger partial charge in [-0.3, -0.25) is 4.79 Å². The van der Waals surface area contributed by atoms with Crippen molar-refractivity contribution in [3.8, 4) is 27.6 Å². The highest BCUT2D eigenvalue weighted by Gasteiger charge is 2.23. The fourth-order valence-electron chi connectivity index (χ4n) is 4.15. The van der Waals surface area contributed by atoms with Crippen molar-refractivity contribution in [2.45, 2.75) is 13.3 Å². The molecule has 1 aliphatic rings. The molecule has 8 heteroatoms. The number of ether oxygens (including phenoxy) is 1. The highest BCUT2D eigenvalue weighted by molar-refractivity contribution is 7.13. The largest absolute Gasteiger partial charge is 0.496 e. The Hall–Kier alpha value is -3.65. The average molecular weight is 475 g/mol. The van der Waals surface area contributed by atoms with Crippen molar-refractivity contribution in [3.63, 3.8) is 0 Å². The summed E-state index contributed by atoms with van der Waals surface area (Å²) in [6, 6.07) is 16.1. The molecular formula is C26H26N4O3S. The number of anilines is 1. The van der Waals surface area contributed by atoms with Gasteiger partial charge in [0, 0.05) is 55.8 Å². The molecule has 0 saturated carbocycles. The molecule has 1 aliphatic heterocycles. The number of piperazine rings is 1. The van der Waals surface area contributed by atoms with Crippen molar-refractivity contribution in [2.24, 2.45) is 0 Å². The lowest BCUT2D eigenvalue weighted by Crippen LogP contribution is -2.49. The summed E-state index contributed by atoms with van der Waals surface area (Å²) >= 11 is 1.58. The summed E-state index contributed by atoms with van der Waals surface area (Å²) < 4.78 is 11.3. The molecule has 2 aromatic heterocycles. The number of rotatable bonds is 6. The molecule has 174 valence electrons. The number of aromatic nitrogens is 2. The molecule has 2 aromatic carbocycles. The van der Waals surface area contributed by atoms with Crippen LogP contribution in [0.15, 0.2) is 64.5 Å². The molecular weight excluding hydrogens is 448 g/mol. The van der Waals surface area contributed by atoms with Crippen LogP contribution in [0, 0.1) is 6.92 Å².